The Labute approximate surface area is 143 Å². The quantitative estimate of drug-likeness (QED) is 0.923. The topological polar surface area (TPSA) is 58.6 Å². The molecule has 1 fully saturated rings. The molecule has 2 amide bonds. The molecule has 5 heteroatoms. The number of nitrogens with zero attached hydrogens (tertiary/aromatic N) is 1. The Bertz CT molecular complexity index is 670. The molecule has 2 aliphatic rings. The van der Waals surface area contributed by atoms with Gasteiger partial charge in [-0.2, -0.15) is 0 Å². The number of nitrogens with one attached hydrogen (secondary N) is 1. The van der Waals surface area contributed by atoms with Crippen LogP contribution in [-0.4, -0.2) is 42.0 Å². The zero-order valence-corrected chi connectivity index (χ0v) is 14.9. The molecule has 1 aromatic carbocycles. The van der Waals surface area contributed by atoms with Crippen molar-refractivity contribution < 1.29 is 14.3 Å². The Morgan fingerprint density at radius 2 is 2.12 bits per heavy atom. The molecule has 3 rings (SSSR count). The van der Waals surface area contributed by atoms with E-state index in [-0.39, 0.29) is 17.9 Å². The van der Waals surface area contributed by atoms with Crippen LogP contribution in [0.2, 0.25) is 0 Å². The average molecular weight is 330 g/mol. The summed E-state index contributed by atoms with van der Waals surface area (Å²) < 4.78 is 5.39. The van der Waals surface area contributed by atoms with Gasteiger partial charge in [-0.05, 0) is 38.3 Å². The third-order valence-electron chi connectivity index (χ3n) is 5.60. The lowest BCUT2D eigenvalue weighted by atomic mass is 9.73. The van der Waals surface area contributed by atoms with E-state index in [1.165, 1.54) is 0 Å². The number of methoxy groups -OCH3 is 1. The molecule has 24 heavy (non-hydrogen) atoms. The smallest absolute Gasteiger partial charge is 0.254 e. The first-order valence-electron chi connectivity index (χ1n) is 8.65. The summed E-state index contributed by atoms with van der Waals surface area (Å²) in [5.74, 6) is -0.0230. The molecule has 1 aromatic rings. The van der Waals surface area contributed by atoms with Gasteiger partial charge in [-0.15, -0.1) is 0 Å². The van der Waals surface area contributed by atoms with Crippen LogP contribution in [0.1, 0.15) is 45.6 Å². The van der Waals surface area contributed by atoms with Crippen LogP contribution < -0.4 is 5.32 Å². The largest absolute Gasteiger partial charge is 0.369 e. The maximum absolute atomic E-state index is 13.0. The van der Waals surface area contributed by atoms with Crippen LogP contribution in [-0.2, 0) is 19.7 Å². The molecule has 2 aliphatic heterocycles. The van der Waals surface area contributed by atoms with Crippen molar-refractivity contribution in [1.82, 2.24) is 4.90 Å². The van der Waals surface area contributed by atoms with E-state index in [9.17, 15) is 9.59 Å². The van der Waals surface area contributed by atoms with Crippen molar-refractivity contribution in [3.05, 3.63) is 29.8 Å². The van der Waals surface area contributed by atoms with Crippen LogP contribution in [0.15, 0.2) is 24.3 Å². The van der Waals surface area contributed by atoms with Crippen molar-refractivity contribution in [2.24, 2.45) is 0 Å². The predicted octanol–water partition coefficient (Wildman–Crippen LogP) is 2.70. The molecule has 1 saturated heterocycles. The molecule has 0 bridgehead atoms. The summed E-state index contributed by atoms with van der Waals surface area (Å²) in [6, 6.07) is 7.72. The van der Waals surface area contributed by atoms with Crippen LogP contribution in [0.5, 0.6) is 0 Å². The molecule has 1 spiro atoms. The van der Waals surface area contributed by atoms with Gasteiger partial charge in [-0.25, -0.2) is 0 Å². The molecule has 2 heterocycles. The molecule has 0 saturated carbocycles. The van der Waals surface area contributed by atoms with Gasteiger partial charge in [0, 0.05) is 19.3 Å². The first kappa shape index (κ1) is 17.0. The predicted molar refractivity (Wildman–Crippen MR) is 92.9 cm³/mol. The lowest BCUT2D eigenvalue weighted by molar-refractivity contribution is -0.152. The number of rotatable bonds is 4. The minimum absolute atomic E-state index is 0.0210. The van der Waals surface area contributed by atoms with Crippen LogP contribution in [0.25, 0.3) is 0 Å². The highest BCUT2D eigenvalue weighted by atomic mass is 16.5. The molecule has 0 aromatic heterocycles. The van der Waals surface area contributed by atoms with Crippen molar-refractivity contribution in [2.45, 2.75) is 57.1 Å². The number of carbonyl (C=O) groups excluding carboxylic acids is 2. The molecule has 1 N–H and O–H groups in total. The number of likely N-dealkylation sites (tertiary alicyclic amines) is 1. The summed E-state index contributed by atoms with van der Waals surface area (Å²) in [6.45, 7) is 6.24. The number of ether oxygens (including phenoxy) is 1. The summed E-state index contributed by atoms with van der Waals surface area (Å²) in [4.78, 5) is 27.8. The number of para-hydroxylation sites is 1. The third-order valence-corrected chi connectivity index (χ3v) is 5.60. The summed E-state index contributed by atoms with van der Waals surface area (Å²) in [5.41, 5.74) is 0.390. The fraction of sp³-hybridized carbons (Fsp3) is 0.579. The Kier molecular flexibility index (Phi) is 4.16. The zero-order chi connectivity index (χ0) is 17.5. The Morgan fingerprint density at radius 1 is 1.42 bits per heavy atom. The minimum Gasteiger partial charge on any atom is -0.369 e. The van der Waals surface area contributed by atoms with Gasteiger partial charge < -0.3 is 15.0 Å². The van der Waals surface area contributed by atoms with Crippen LogP contribution >= 0.6 is 0 Å². The van der Waals surface area contributed by atoms with Crippen LogP contribution in [0.4, 0.5) is 5.69 Å². The number of anilines is 1. The van der Waals surface area contributed by atoms with E-state index in [1.54, 1.807) is 21.0 Å². The summed E-state index contributed by atoms with van der Waals surface area (Å²) in [7, 11) is 1.55. The molecule has 5 nitrogen and oxygen atoms in total. The van der Waals surface area contributed by atoms with Crippen molar-refractivity contribution >= 4 is 17.5 Å². The van der Waals surface area contributed by atoms with Crippen molar-refractivity contribution in [3.63, 3.8) is 0 Å². The second kappa shape index (κ2) is 5.88. The van der Waals surface area contributed by atoms with Gasteiger partial charge in [0.2, 0.25) is 5.91 Å². The summed E-state index contributed by atoms with van der Waals surface area (Å²) in [5, 5.41) is 3.02. The van der Waals surface area contributed by atoms with E-state index in [4.69, 9.17) is 4.74 Å². The fourth-order valence-electron chi connectivity index (χ4n) is 4.15. The molecule has 0 unspecified atom stereocenters. The lowest BCUT2D eigenvalue weighted by Crippen LogP contribution is -2.53. The van der Waals surface area contributed by atoms with Gasteiger partial charge in [-0.3, -0.25) is 9.59 Å². The van der Waals surface area contributed by atoms with E-state index >= 15 is 0 Å². The minimum atomic E-state index is -0.883. The highest BCUT2D eigenvalue weighted by Crippen LogP contribution is 2.49. The molecular weight excluding hydrogens is 304 g/mol. The SMILES string of the molecule is CCC[C@@H]1N(C(=O)C(C)(C)OC)CC[C@]12C(=O)Nc1ccccc12. The van der Waals surface area contributed by atoms with Crippen LogP contribution in [0, 0.1) is 0 Å². The van der Waals surface area contributed by atoms with E-state index in [2.05, 4.69) is 12.2 Å². The molecule has 0 aliphatic carbocycles. The summed E-state index contributed by atoms with van der Waals surface area (Å²) in [6.07, 6.45) is 2.37. The maximum Gasteiger partial charge on any atom is 0.254 e. The van der Waals surface area contributed by atoms with Gasteiger partial charge >= 0.3 is 0 Å². The second-order valence-electron chi connectivity index (χ2n) is 7.24. The first-order chi connectivity index (χ1) is 11.4. The maximum atomic E-state index is 13.0. The van der Waals surface area contributed by atoms with E-state index < -0.39 is 11.0 Å². The van der Waals surface area contributed by atoms with Crippen LogP contribution in [0.3, 0.4) is 0 Å². The van der Waals surface area contributed by atoms with Gasteiger partial charge in [0.05, 0.1) is 11.5 Å². The molecular formula is C19H26N2O3. The Morgan fingerprint density at radius 3 is 2.79 bits per heavy atom. The summed E-state index contributed by atoms with van der Waals surface area (Å²) >= 11 is 0. The second-order valence-corrected chi connectivity index (χ2v) is 7.24. The van der Waals surface area contributed by atoms with Gasteiger partial charge in [0.1, 0.15) is 5.60 Å². The van der Waals surface area contributed by atoms with Gasteiger partial charge in [0.25, 0.3) is 5.91 Å². The first-order valence-corrected chi connectivity index (χ1v) is 8.65. The average Bonchev–Trinajstić information content (AvgIpc) is 3.08. The number of fused-ring (bicyclic) bond motifs is 2. The zero-order valence-electron chi connectivity index (χ0n) is 14.9. The molecule has 2 atom stereocenters. The number of benzene rings is 1. The number of amides is 2. The van der Waals surface area contributed by atoms with Gasteiger partial charge in [-0.1, -0.05) is 31.5 Å². The highest BCUT2D eigenvalue weighted by molar-refractivity contribution is 6.07. The normalized spacial score (nSPS) is 25.9. The Balaban J connectivity index is 2.05. The fourth-order valence-corrected chi connectivity index (χ4v) is 4.15. The van der Waals surface area contributed by atoms with Crippen molar-refractivity contribution in [3.8, 4) is 0 Å². The van der Waals surface area contributed by atoms with Crippen molar-refractivity contribution in [1.29, 1.82) is 0 Å². The molecule has 0 radical (unpaired) electrons. The number of hydrogen-bond donors (Lipinski definition) is 1. The highest BCUT2D eigenvalue weighted by Gasteiger charge is 2.59. The van der Waals surface area contributed by atoms with E-state index in [1.807, 2.05) is 29.2 Å². The standard InChI is InChI=1S/C19H26N2O3/c1-5-8-15-19(11-12-21(15)17(23)18(2,3)24-4)13-9-6-7-10-14(13)20-16(19)22/h6-7,9-10,15H,5,8,11-12H2,1-4H3,(H,20,22)/t15-,19+/m0/s1. The third kappa shape index (κ3) is 2.25. The lowest BCUT2D eigenvalue weighted by Gasteiger charge is -2.37. The monoisotopic (exact) mass is 330 g/mol. The number of carbonyl (C=O) groups is 2. The van der Waals surface area contributed by atoms with Gasteiger partial charge in [0.15, 0.2) is 0 Å². The van der Waals surface area contributed by atoms with Crippen molar-refractivity contribution in [2.75, 3.05) is 19.0 Å². The van der Waals surface area contributed by atoms with E-state index in [0.29, 0.717) is 13.0 Å². The van der Waals surface area contributed by atoms with E-state index in [0.717, 1.165) is 24.1 Å². The molecule has 130 valence electrons. The Hall–Kier alpha value is -1.88. The number of hydrogen-bond acceptors (Lipinski definition) is 3.